The van der Waals surface area contributed by atoms with E-state index < -0.39 is 0 Å². The molecule has 2 aromatic rings. The third-order valence-electron chi connectivity index (χ3n) is 2.81. The summed E-state index contributed by atoms with van der Waals surface area (Å²) in [6.07, 6.45) is 0. The van der Waals surface area contributed by atoms with Crippen molar-refractivity contribution in [2.75, 3.05) is 18.2 Å². The number of anilines is 2. The predicted octanol–water partition coefficient (Wildman–Crippen LogP) is 3.08. The van der Waals surface area contributed by atoms with Crippen LogP contribution in [-0.4, -0.2) is 13.0 Å². The van der Waals surface area contributed by atoms with Gasteiger partial charge in [-0.3, -0.25) is 4.79 Å². The number of amides is 1. The van der Waals surface area contributed by atoms with Gasteiger partial charge in [-0.15, -0.1) is 0 Å². The van der Waals surface area contributed by atoms with Crippen molar-refractivity contribution in [2.24, 2.45) is 0 Å². The number of nitrogen functional groups attached to an aromatic ring is 1. The molecule has 19 heavy (non-hydrogen) atoms. The number of nitrogens with one attached hydrogen (secondary N) is 1. The summed E-state index contributed by atoms with van der Waals surface area (Å²) in [5, 5.41) is 2.82. The van der Waals surface area contributed by atoms with Crippen molar-refractivity contribution in [2.45, 2.75) is 6.92 Å². The summed E-state index contributed by atoms with van der Waals surface area (Å²) in [6, 6.07) is 12.6. The smallest absolute Gasteiger partial charge is 0.255 e. The lowest BCUT2D eigenvalue weighted by molar-refractivity contribution is 0.102. The molecule has 0 heterocycles. The van der Waals surface area contributed by atoms with Crippen LogP contribution in [0.1, 0.15) is 17.3 Å². The number of hydrogen-bond acceptors (Lipinski definition) is 3. The number of ether oxygens (including phenoxy) is 1. The predicted molar refractivity (Wildman–Crippen MR) is 78.7 cm³/mol. The van der Waals surface area contributed by atoms with Crippen molar-refractivity contribution in [1.82, 2.24) is 0 Å². The van der Waals surface area contributed by atoms with Gasteiger partial charge in [-0.1, -0.05) is 17.7 Å². The lowest BCUT2D eigenvalue weighted by Gasteiger charge is -2.08. The molecule has 100 valence electrons. The average Bonchev–Trinajstić information content (AvgIpc) is 2.42. The van der Waals surface area contributed by atoms with E-state index in [2.05, 4.69) is 5.32 Å². The van der Waals surface area contributed by atoms with Crippen LogP contribution < -0.4 is 15.8 Å². The molecule has 0 bridgehead atoms. The fraction of sp³-hybridized carbons (Fsp3) is 0.133. The molecule has 0 spiro atoms. The molecule has 0 saturated heterocycles. The van der Waals surface area contributed by atoms with Crippen LogP contribution in [-0.2, 0) is 0 Å². The van der Waals surface area contributed by atoms with Crippen LogP contribution in [0.3, 0.4) is 0 Å². The van der Waals surface area contributed by atoms with Gasteiger partial charge in [0, 0.05) is 12.7 Å². The molecule has 2 rings (SSSR count). The molecule has 0 atom stereocenters. The molecular formula is C15H18N2O2. The maximum absolute atomic E-state index is 12.1. The van der Waals surface area contributed by atoms with E-state index in [0.29, 0.717) is 17.0 Å². The lowest BCUT2D eigenvalue weighted by Crippen LogP contribution is -2.12. The zero-order valence-electron chi connectivity index (χ0n) is 10.9. The Labute approximate surface area is 113 Å². The van der Waals surface area contributed by atoms with Crippen molar-refractivity contribution in [3.63, 3.8) is 0 Å². The summed E-state index contributed by atoms with van der Waals surface area (Å²) < 4.78 is 5.10. The minimum atomic E-state index is -0.192. The van der Waals surface area contributed by atoms with Gasteiger partial charge in [-0.2, -0.15) is 0 Å². The molecule has 1 amide bonds. The molecule has 0 aromatic heterocycles. The van der Waals surface area contributed by atoms with Crippen molar-refractivity contribution in [3.05, 3.63) is 53.6 Å². The maximum atomic E-state index is 12.1. The first-order valence-corrected chi connectivity index (χ1v) is 5.91. The molecule has 0 aliphatic rings. The average molecular weight is 258 g/mol. The molecule has 2 aromatic carbocycles. The summed E-state index contributed by atoms with van der Waals surface area (Å²) >= 11 is 0. The van der Waals surface area contributed by atoms with Crippen molar-refractivity contribution < 1.29 is 11.0 Å². The Bertz CT molecular complexity index is 597. The van der Waals surface area contributed by atoms with Gasteiger partial charge < -0.3 is 15.8 Å². The highest BCUT2D eigenvalue weighted by Gasteiger charge is 2.09. The molecule has 4 nitrogen and oxygen atoms in total. The minimum absolute atomic E-state index is 0. The number of carbonyl (C=O) groups excluding carboxylic acids is 1. The zero-order chi connectivity index (χ0) is 13.8. The Balaban J connectivity index is 0.00000200. The normalized spacial score (nSPS) is 10.0. The molecule has 0 aliphatic carbocycles. The van der Waals surface area contributed by atoms with Gasteiger partial charge in [0.05, 0.1) is 12.8 Å². The van der Waals surface area contributed by atoms with Crippen molar-refractivity contribution >= 4 is 17.3 Å². The molecule has 0 saturated carbocycles. The summed E-state index contributed by atoms with van der Waals surface area (Å²) in [4.78, 5) is 12.1. The maximum Gasteiger partial charge on any atom is 0.255 e. The van der Waals surface area contributed by atoms with Gasteiger partial charge in [0.25, 0.3) is 5.91 Å². The van der Waals surface area contributed by atoms with Gasteiger partial charge in [0.2, 0.25) is 0 Å². The van der Waals surface area contributed by atoms with Crippen LogP contribution in [0.15, 0.2) is 42.5 Å². The Morgan fingerprint density at radius 1 is 1.21 bits per heavy atom. The van der Waals surface area contributed by atoms with Crippen LogP contribution in [0, 0.1) is 6.92 Å². The Hall–Kier alpha value is -2.49. The van der Waals surface area contributed by atoms with Gasteiger partial charge in [0.1, 0.15) is 5.75 Å². The molecule has 3 N–H and O–H groups in total. The molecule has 4 heteroatoms. The van der Waals surface area contributed by atoms with E-state index in [4.69, 9.17) is 10.5 Å². The standard InChI is InChI=1S/C15H16N2O2.H2/c1-10-3-6-12(7-4-10)17-15(18)11-5-8-13(16)14(9-11)19-2;/h3-9H,16H2,1-2H3,(H,17,18);1H. The van der Waals surface area contributed by atoms with E-state index in [9.17, 15) is 4.79 Å². The van der Waals surface area contributed by atoms with Gasteiger partial charge >= 0.3 is 0 Å². The minimum Gasteiger partial charge on any atom is -0.495 e. The summed E-state index contributed by atoms with van der Waals surface area (Å²) in [7, 11) is 1.52. The first kappa shape index (κ1) is 13.0. The van der Waals surface area contributed by atoms with Crippen LogP contribution in [0.5, 0.6) is 5.75 Å². The SMILES string of the molecule is COc1cc(C(=O)Nc2ccc(C)cc2)ccc1N.[HH]. The Morgan fingerprint density at radius 2 is 1.89 bits per heavy atom. The second-order valence-electron chi connectivity index (χ2n) is 4.28. The van der Waals surface area contributed by atoms with E-state index in [1.165, 1.54) is 7.11 Å². The number of hydrogen-bond donors (Lipinski definition) is 2. The van der Waals surface area contributed by atoms with E-state index in [0.717, 1.165) is 11.3 Å². The second-order valence-corrected chi connectivity index (χ2v) is 4.28. The quantitative estimate of drug-likeness (QED) is 0.831. The highest BCUT2D eigenvalue weighted by Crippen LogP contribution is 2.22. The van der Waals surface area contributed by atoms with Crippen LogP contribution in [0.25, 0.3) is 0 Å². The van der Waals surface area contributed by atoms with Gasteiger partial charge in [0.15, 0.2) is 0 Å². The van der Waals surface area contributed by atoms with E-state index in [-0.39, 0.29) is 7.33 Å². The molecular weight excluding hydrogens is 240 g/mol. The summed E-state index contributed by atoms with van der Waals surface area (Å²) in [5.74, 6) is 0.304. The number of rotatable bonds is 3. The summed E-state index contributed by atoms with van der Waals surface area (Å²) in [5.41, 5.74) is 8.63. The van der Waals surface area contributed by atoms with Crippen molar-refractivity contribution in [3.8, 4) is 5.75 Å². The monoisotopic (exact) mass is 258 g/mol. The molecule has 0 radical (unpaired) electrons. The number of nitrogens with two attached hydrogens (primary N) is 1. The molecule has 0 aliphatic heterocycles. The third kappa shape index (κ3) is 3.04. The topological polar surface area (TPSA) is 64.3 Å². The summed E-state index contributed by atoms with van der Waals surface area (Å²) in [6.45, 7) is 2.00. The first-order valence-electron chi connectivity index (χ1n) is 5.91. The number of carbonyl (C=O) groups is 1. The lowest BCUT2D eigenvalue weighted by atomic mass is 10.1. The van der Waals surface area contributed by atoms with Gasteiger partial charge in [-0.05, 0) is 37.3 Å². The first-order chi connectivity index (χ1) is 9.10. The molecule has 0 fully saturated rings. The zero-order valence-corrected chi connectivity index (χ0v) is 10.9. The van der Waals surface area contributed by atoms with Crippen LogP contribution in [0.2, 0.25) is 0 Å². The van der Waals surface area contributed by atoms with Gasteiger partial charge in [-0.25, -0.2) is 0 Å². The fourth-order valence-electron chi connectivity index (χ4n) is 1.69. The largest absolute Gasteiger partial charge is 0.495 e. The van der Waals surface area contributed by atoms with E-state index in [1.54, 1.807) is 18.2 Å². The van der Waals surface area contributed by atoms with Crippen molar-refractivity contribution in [1.29, 1.82) is 0 Å². The number of benzene rings is 2. The van der Waals surface area contributed by atoms with Crippen LogP contribution >= 0.6 is 0 Å². The number of methoxy groups -OCH3 is 1. The number of aryl methyl sites for hydroxylation is 1. The highest BCUT2D eigenvalue weighted by molar-refractivity contribution is 6.04. The fourth-order valence-corrected chi connectivity index (χ4v) is 1.69. The highest BCUT2D eigenvalue weighted by atomic mass is 16.5. The second kappa shape index (κ2) is 5.44. The third-order valence-corrected chi connectivity index (χ3v) is 2.81. The van der Waals surface area contributed by atoms with E-state index >= 15 is 0 Å². The Kier molecular flexibility index (Phi) is 3.71. The van der Waals surface area contributed by atoms with E-state index in [1.807, 2.05) is 31.2 Å². The molecule has 0 unspecified atom stereocenters. The Morgan fingerprint density at radius 3 is 2.53 bits per heavy atom. The van der Waals surface area contributed by atoms with Crippen LogP contribution in [0.4, 0.5) is 11.4 Å².